The molecule has 1 aliphatic carbocycles. The van der Waals surface area contributed by atoms with Crippen molar-refractivity contribution < 1.29 is 19.1 Å². The first kappa shape index (κ1) is 18.8. The Morgan fingerprint density at radius 1 is 1.31 bits per heavy atom. The van der Waals surface area contributed by atoms with Gasteiger partial charge in [0, 0.05) is 17.5 Å². The van der Waals surface area contributed by atoms with Crippen molar-refractivity contribution in [2.24, 2.45) is 0 Å². The Hall–Kier alpha value is -2.02. The highest BCUT2D eigenvalue weighted by molar-refractivity contribution is 8.00. The van der Waals surface area contributed by atoms with E-state index in [1.165, 1.54) is 11.8 Å². The SMILES string of the molecule is C[C@H](OC(=O)CCN1C(=O)CSc2ccccc21)C(=O)NC1CCCC1. The first-order valence-corrected chi connectivity index (χ1v) is 10.0. The minimum atomic E-state index is -0.817. The fourth-order valence-corrected chi connectivity index (χ4v) is 4.24. The molecule has 2 amide bonds. The van der Waals surface area contributed by atoms with Crippen molar-refractivity contribution in [3.8, 4) is 0 Å². The largest absolute Gasteiger partial charge is 0.452 e. The maximum Gasteiger partial charge on any atom is 0.308 e. The molecule has 0 aromatic heterocycles. The fourth-order valence-electron chi connectivity index (χ4n) is 3.30. The zero-order chi connectivity index (χ0) is 18.5. The molecule has 1 atom stereocenters. The number of ether oxygens (including phenoxy) is 1. The molecule has 1 heterocycles. The van der Waals surface area contributed by atoms with Crippen LogP contribution < -0.4 is 10.2 Å². The van der Waals surface area contributed by atoms with Gasteiger partial charge in [-0.25, -0.2) is 0 Å². The Morgan fingerprint density at radius 2 is 2.04 bits per heavy atom. The third-order valence-corrected chi connectivity index (χ3v) is 5.77. The molecular formula is C19H24N2O4S. The molecule has 1 aliphatic heterocycles. The highest BCUT2D eigenvalue weighted by atomic mass is 32.2. The summed E-state index contributed by atoms with van der Waals surface area (Å²) >= 11 is 1.50. The smallest absolute Gasteiger partial charge is 0.308 e. The highest BCUT2D eigenvalue weighted by Gasteiger charge is 2.26. The van der Waals surface area contributed by atoms with Crippen molar-refractivity contribution in [3.05, 3.63) is 24.3 Å². The number of hydrogen-bond donors (Lipinski definition) is 1. The fraction of sp³-hybridized carbons (Fsp3) is 0.526. The molecule has 0 saturated heterocycles. The number of esters is 1. The van der Waals surface area contributed by atoms with Crippen molar-refractivity contribution in [1.29, 1.82) is 0 Å². The molecule has 1 saturated carbocycles. The van der Waals surface area contributed by atoms with Gasteiger partial charge in [-0.15, -0.1) is 11.8 Å². The van der Waals surface area contributed by atoms with Gasteiger partial charge in [0.1, 0.15) is 0 Å². The Bertz CT molecular complexity index is 688. The van der Waals surface area contributed by atoms with E-state index >= 15 is 0 Å². The maximum absolute atomic E-state index is 12.2. The molecular weight excluding hydrogens is 352 g/mol. The summed E-state index contributed by atoms with van der Waals surface area (Å²) < 4.78 is 5.24. The number of para-hydroxylation sites is 1. The van der Waals surface area contributed by atoms with Gasteiger partial charge in [-0.1, -0.05) is 25.0 Å². The van der Waals surface area contributed by atoms with E-state index in [2.05, 4.69) is 5.32 Å². The van der Waals surface area contributed by atoms with E-state index in [9.17, 15) is 14.4 Å². The van der Waals surface area contributed by atoms with Gasteiger partial charge in [-0.2, -0.15) is 0 Å². The molecule has 1 aromatic carbocycles. The van der Waals surface area contributed by atoms with Gasteiger partial charge >= 0.3 is 5.97 Å². The first-order chi connectivity index (χ1) is 12.5. The normalized spacial score (nSPS) is 18.3. The van der Waals surface area contributed by atoms with Crippen LogP contribution in [-0.4, -0.2) is 42.2 Å². The van der Waals surface area contributed by atoms with Crippen molar-refractivity contribution >= 4 is 35.2 Å². The third-order valence-electron chi connectivity index (χ3n) is 4.73. The number of nitrogens with one attached hydrogen (secondary N) is 1. The van der Waals surface area contributed by atoms with Gasteiger partial charge in [0.25, 0.3) is 5.91 Å². The van der Waals surface area contributed by atoms with E-state index in [1.54, 1.807) is 11.8 Å². The van der Waals surface area contributed by atoms with Crippen LogP contribution in [0.15, 0.2) is 29.2 Å². The van der Waals surface area contributed by atoms with Crippen LogP contribution in [0.25, 0.3) is 0 Å². The van der Waals surface area contributed by atoms with Gasteiger partial charge in [0.05, 0.1) is 17.9 Å². The number of nitrogens with zero attached hydrogens (tertiary/aromatic N) is 1. The van der Waals surface area contributed by atoms with Gasteiger partial charge in [-0.3, -0.25) is 14.4 Å². The molecule has 3 rings (SSSR count). The van der Waals surface area contributed by atoms with Gasteiger partial charge in [0.2, 0.25) is 5.91 Å². The number of rotatable bonds is 6. The second-order valence-corrected chi connectivity index (χ2v) is 7.69. The Balaban J connectivity index is 1.49. The number of amides is 2. The van der Waals surface area contributed by atoms with Crippen molar-refractivity contribution in [2.45, 2.75) is 56.1 Å². The minimum Gasteiger partial charge on any atom is -0.452 e. The van der Waals surface area contributed by atoms with E-state index in [0.29, 0.717) is 5.75 Å². The summed E-state index contributed by atoms with van der Waals surface area (Å²) in [4.78, 5) is 39.0. The molecule has 2 aliphatic rings. The highest BCUT2D eigenvalue weighted by Crippen LogP contribution is 2.34. The van der Waals surface area contributed by atoms with Crippen LogP contribution in [0.1, 0.15) is 39.0 Å². The predicted octanol–water partition coefficient (Wildman–Crippen LogP) is 2.51. The number of fused-ring (bicyclic) bond motifs is 1. The van der Waals surface area contributed by atoms with Gasteiger partial charge < -0.3 is 15.0 Å². The number of hydrogen-bond acceptors (Lipinski definition) is 5. The van der Waals surface area contributed by atoms with Crippen molar-refractivity contribution in [3.63, 3.8) is 0 Å². The molecule has 26 heavy (non-hydrogen) atoms. The topological polar surface area (TPSA) is 75.7 Å². The lowest BCUT2D eigenvalue weighted by atomic mass is 10.2. The Morgan fingerprint density at radius 3 is 2.81 bits per heavy atom. The molecule has 0 spiro atoms. The molecule has 6 nitrogen and oxygen atoms in total. The van der Waals surface area contributed by atoms with Crippen molar-refractivity contribution in [1.82, 2.24) is 5.32 Å². The van der Waals surface area contributed by atoms with Crippen LogP contribution in [0.3, 0.4) is 0 Å². The zero-order valence-electron chi connectivity index (χ0n) is 14.9. The number of carbonyl (C=O) groups is 3. The van der Waals surface area contributed by atoms with Gasteiger partial charge in [0.15, 0.2) is 6.10 Å². The number of carbonyl (C=O) groups excluding carboxylic acids is 3. The third kappa shape index (κ3) is 4.58. The van der Waals surface area contributed by atoms with E-state index < -0.39 is 12.1 Å². The number of anilines is 1. The quantitative estimate of drug-likeness (QED) is 0.772. The monoisotopic (exact) mass is 376 g/mol. The predicted molar refractivity (Wildman–Crippen MR) is 100 cm³/mol. The lowest BCUT2D eigenvalue weighted by molar-refractivity contribution is -0.154. The van der Waals surface area contributed by atoms with Crippen LogP contribution in [0, 0.1) is 0 Å². The minimum absolute atomic E-state index is 0.0199. The molecule has 0 radical (unpaired) electrons. The molecule has 140 valence electrons. The summed E-state index contributed by atoms with van der Waals surface area (Å²) in [6.45, 7) is 1.84. The standard InChI is InChI=1S/C19H24N2O4S/c1-13(19(24)20-14-6-2-3-7-14)25-18(23)10-11-21-15-8-4-5-9-16(15)26-12-17(21)22/h4-5,8-9,13-14H,2-3,6-7,10-12H2,1H3,(H,20,24)/t13-/m0/s1. The second-order valence-electron chi connectivity index (χ2n) is 6.67. The van der Waals surface area contributed by atoms with E-state index in [4.69, 9.17) is 4.74 Å². The van der Waals surface area contributed by atoms with Crippen LogP contribution in [-0.2, 0) is 19.1 Å². The Labute approximate surface area is 157 Å². The lowest BCUT2D eigenvalue weighted by Crippen LogP contribution is -2.41. The Kier molecular flexibility index (Phi) is 6.19. The van der Waals surface area contributed by atoms with Crippen molar-refractivity contribution in [2.75, 3.05) is 17.2 Å². The number of thioether (sulfide) groups is 1. The zero-order valence-corrected chi connectivity index (χ0v) is 15.7. The summed E-state index contributed by atoms with van der Waals surface area (Å²) in [7, 11) is 0. The summed E-state index contributed by atoms with van der Waals surface area (Å²) in [6.07, 6.45) is 3.47. The molecule has 0 bridgehead atoms. The molecule has 1 N–H and O–H groups in total. The van der Waals surface area contributed by atoms with E-state index in [-0.39, 0.29) is 30.8 Å². The average molecular weight is 376 g/mol. The molecule has 0 unspecified atom stereocenters. The van der Waals surface area contributed by atoms with Crippen LogP contribution >= 0.6 is 11.8 Å². The van der Waals surface area contributed by atoms with Crippen LogP contribution in [0.2, 0.25) is 0 Å². The average Bonchev–Trinajstić information content (AvgIpc) is 3.13. The summed E-state index contributed by atoms with van der Waals surface area (Å²) in [5.41, 5.74) is 0.827. The van der Waals surface area contributed by atoms with Crippen LogP contribution in [0.4, 0.5) is 5.69 Å². The molecule has 1 aromatic rings. The van der Waals surface area contributed by atoms with Gasteiger partial charge in [-0.05, 0) is 31.9 Å². The lowest BCUT2D eigenvalue weighted by Gasteiger charge is -2.28. The molecule has 1 fully saturated rings. The molecule has 7 heteroatoms. The first-order valence-electron chi connectivity index (χ1n) is 9.06. The van der Waals surface area contributed by atoms with E-state index in [1.807, 2.05) is 24.3 Å². The summed E-state index contributed by atoms with van der Waals surface area (Å²) in [5, 5.41) is 2.93. The number of benzene rings is 1. The summed E-state index contributed by atoms with van der Waals surface area (Å²) in [5.74, 6) is -0.371. The maximum atomic E-state index is 12.2. The van der Waals surface area contributed by atoms with Crippen LogP contribution in [0.5, 0.6) is 0 Å². The second kappa shape index (κ2) is 8.58. The van der Waals surface area contributed by atoms with E-state index in [0.717, 1.165) is 36.3 Å². The summed E-state index contributed by atoms with van der Waals surface area (Å²) in [6, 6.07) is 7.84.